The highest BCUT2D eigenvalue weighted by atomic mass is 16.3. The highest BCUT2D eigenvalue weighted by Crippen LogP contribution is 2.48. The fraction of sp³-hybridized carbons (Fsp3) is 0.0244. The van der Waals surface area contributed by atoms with Gasteiger partial charge in [0, 0.05) is 43.6 Å². The molecule has 0 radical (unpaired) electrons. The standard InChI is InChI=1S/C41H27NO2/c1-26-12-9-15-28(24-26)42(37-25-35-31-17-7-8-23-38(31)43-40(35)32-18-6-5-16-30(32)37)36-22-11-21-34-33-20-10-19-29(39(33)44-41(34)36)27-13-3-2-4-14-27/h2-25H,1H3. The quantitative estimate of drug-likeness (QED) is 0.213. The smallest absolute Gasteiger partial charge is 0.159 e. The summed E-state index contributed by atoms with van der Waals surface area (Å²) in [5.74, 6) is 0. The number of rotatable bonds is 4. The van der Waals surface area contributed by atoms with E-state index in [0.717, 1.165) is 82.8 Å². The molecule has 0 spiro atoms. The van der Waals surface area contributed by atoms with Crippen molar-refractivity contribution in [3.8, 4) is 11.1 Å². The zero-order valence-corrected chi connectivity index (χ0v) is 24.1. The van der Waals surface area contributed by atoms with Crippen LogP contribution in [0.4, 0.5) is 17.1 Å². The second-order valence-electron chi connectivity index (χ2n) is 11.4. The Labute approximate surface area is 254 Å². The van der Waals surface area contributed by atoms with Crippen LogP contribution in [0.5, 0.6) is 0 Å². The third-order valence-electron chi connectivity index (χ3n) is 8.69. The van der Waals surface area contributed by atoms with Crippen molar-refractivity contribution in [1.82, 2.24) is 0 Å². The van der Waals surface area contributed by atoms with Gasteiger partial charge in [-0.15, -0.1) is 0 Å². The molecule has 0 N–H and O–H groups in total. The second-order valence-corrected chi connectivity index (χ2v) is 11.4. The van der Waals surface area contributed by atoms with Gasteiger partial charge in [-0.2, -0.15) is 0 Å². The molecular weight excluding hydrogens is 538 g/mol. The van der Waals surface area contributed by atoms with Crippen molar-refractivity contribution < 1.29 is 8.83 Å². The third-order valence-corrected chi connectivity index (χ3v) is 8.69. The molecule has 0 aliphatic heterocycles. The number of benzene rings is 7. The molecule has 3 heteroatoms. The van der Waals surface area contributed by atoms with Crippen LogP contribution in [0.3, 0.4) is 0 Å². The molecule has 7 aromatic carbocycles. The number of hydrogen-bond acceptors (Lipinski definition) is 3. The largest absolute Gasteiger partial charge is 0.455 e. The SMILES string of the molecule is Cc1cccc(N(c2cc3c4ccccc4oc3c3ccccc23)c2cccc3c2oc2c(-c4ccccc4)cccc23)c1. The molecule has 208 valence electrons. The van der Waals surface area contributed by atoms with Crippen LogP contribution in [0.25, 0.3) is 65.8 Å². The molecule has 0 atom stereocenters. The Hall–Kier alpha value is -5.80. The first-order valence-electron chi connectivity index (χ1n) is 14.9. The predicted octanol–water partition coefficient (Wildman–Crippen LogP) is 12.1. The molecule has 2 aromatic heterocycles. The van der Waals surface area contributed by atoms with E-state index in [9.17, 15) is 0 Å². The lowest BCUT2D eigenvalue weighted by atomic mass is 10.0. The molecule has 0 amide bonds. The van der Waals surface area contributed by atoms with Gasteiger partial charge in [-0.25, -0.2) is 0 Å². The first kappa shape index (κ1) is 24.8. The van der Waals surface area contributed by atoms with Gasteiger partial charge in [-0.05, 0) is 48.4 Å². The van der Waals surface area contributed by atoms with E-state index in [2.05, 4.69) is 139 Å². The van der Waals surface area contributed by atoms with Crippen LogP contribution in [0, 0.1) is 6.92 Å². The normalized spacial score (nSPS) is 11.8. The summed E-state index contributed by atoms with van der Waals surface area (Å²) in [6.07, 6.45) is 0. The molecule has 0 unspecified atom stereocenters. The van der Waals surface area contributed by atoms with Gasteiger partial charge >= 0.3 is 0 Å². The number of aryl methyl sites for hydroxylation is 1. The van der Waals surface area contributed by atoms with Crippen molar-refractivity contribution in [2.75, 3.05) is 4.90 Å². The average Bonchev–Trinajstić information content (AvgIpc) is 3.65. The van der Waals surface area contributed by atoms with Gasteiger partial charge in [-0.3, -0.25) is 0 Å². The van der Waals surface area contributed by atoms with E-state index >= 15 is 0 Å². The van der Waals surface area contributed by atoms with E-state index < -0.39 is 0 Å². The molecule has 0 aliphatic rings. The second kappa shape index (κ2) is 9.62. The maximum atomic E-state index is 6.92. The van der Waals surface area contributed by atoms with Crippen molar-refractivity contribution in [2.45, 2.75) is 6.92 Å². The van der Waals surface area contributed by atoms with Gasteiger partial charge < -0.3 is 13.7 Å². The fourth-order valence-corrected chi connectivity index (χ4v) is 6.71. The van der Waals surface area contributed by atoms with Crippen LogP contribution in [0.2, 0.25) is 0 Å². The lowest BCUT2D eigenvalue weighted by Crippen LogP contribution is -2.11. The summed E-state index contributed by atoms with van der Waals surface area (Å²) >= 11 is 0. The Balaban J connectivity index is 1.39. The van der Waals surface area contributed by atoms with Crippen LogP contribution in [-0.4, -0.2) is 0 Å². The van der Waals surface area contributed by atoms with Crippen molar-refractivity contribution in [1.29, 1.82) is 0 Å². The lowest BCUT2D eigenvalue weighted by molar-refractivity contribution is 0.670. The first-order chi connectivity index (χ1) is 21.7. The molecule has 0 saturated carbocycles. The van der Waals surface area contributed by atoms with Crippen LogP contribution < -0.4 is 4.90 Å². The van der Waals surface area contributed by atoms with Crippen molar-refractivity contribution in [2.24, 2.45) is 0 Å². The van der Waals surface area contributed by atoms with Gasteiger partial charge in [0.2, 0.25) is 0 Å². The highest BCUT2D eigenvalue weighted by Gasteiger charge is 2.24. The van der Waals surface area contributed by atoms with Crippen LogP contribution >= 0.6 is 0 Å². The van der Waals surface area contributed by atoms with E-state index in [4.69, 9.17) is 8.83 Å². The van der Waals surface area contributed by atoms with Gasteiger partial charge in [-0.1, -0.05) is 115 Å². The van der Waals surface area contributed by atoms with Gasteiger partial charge in [0.15, 0.2) is 5.58 Å². The van der Waals surface area contributed by atoms with Crippen molar-refractivity contribution in [3.63, 3.8) is 0 Å². The number of fused-ring (bicyclic) bond motifs is 8. The minimum absolute atomic E-state index is 0.855. The first-order valence-corrected chi connectivity index (χ1v) is 14.9. The summed E-state index contributed by atoms with van der Waals surface area (Å²) in [6.45, 7) is 2.14. The molecule has 9 aromatic rings. The topological polar surface area (TPSA) is 29.5 Å². The molecule has 9 rings (SSSR count). The van der Waals surface area contributed by atoms with Crippen molar-refractivity contribution >= 4 is 71.7 Å². The molecule has 3 nitrogen and oxygen atoms in total. The van der Waals surface area contributed by atoms with Crippen LogP contribution in [0.15, 0.2) is 154 Å². The predicted molar refractivity (Wildman–Crippen MR) is 183 cm³/mol. The van der Waals surface area contributed by atoms with Gasteiger partial charge in [0.25, 0.3) is 0 Å². The summed E-state index contributed by atoms with van der Waals surface area (Å²) in [5, 5.41) is 6.58. The molecule has 0 aliphatic carbocycles. The third kappa shape index (κ3) is 3.69. The Kier molecular flexibility index (Phi) is 5.41. The molecule has 0 fully saturated rings. The Morgan fingerprint density at radius 1 is 0.432 bits per heavy atom. The summed E-state index contributed by atoms with van der Waals surface area (Å²) in [7, 11) is 0. The molecule has 2 heterocycles. The summed E-state index contributed by atoms with van der Waals surface area (Å²) in [5.41, 5.74) is 10.1. The summed E-state index contributed by atoms with van der Waals surface area (Å²) < 4.78 is 13.4. The molecular formula is C41H27NO2. The van der Waals surface area contributed by atoms with Gasteiger partial charge in [0.1, 0.15) is 16.7 Å². The fourth-order valence-electron chi connectivity index (χ4n) is 6.71. The number of furan rings is 2. The van der Waals surface area contributed by atoms with Crippen LogP contribution in [0.1, 0.15) is 5.56 Å². The summed E-state index contributed by atoms with van der Waals surface area (Å²) in [6, 6.07) is 51.1. The zero-order chi connectivity index (χ0) is 29.2. The molecule has 0 bridgehead atoms. The van der Waals surface area contributed by atoms with Gasteiger partial charge in [0.05, 0.1) is 11.4 Å². The minimum atomic E-state index is 0.855. The van der Waals surface area contributed by atoms with E-state index in [1.807, 2.05) is 18.2 Å². The maximum absolute atomic E-state index is 6.92. The highest BCUT2D eigenvalue weighted by molar-refractivity contribution is 6.21. The van der Waals surface area contributed by atoms with Crippen molar-refractivity contribution in [3.05, 3.63) is 151 Å². The number of para-hydroxylation sites is 3. The average molecular weight is 566 g/mol. The van der Waals surface area contributed by atoms with E-state index in [1.54, 1.807) is 0 Å². The Bertz CT molecular complexity index is 2520. The number of hydrogen-bond donors (Lipinski definition) is 0. The Morgan fingerprint density at radius 3 is 1.93 bits per heavy atom. The number of anilines is 3. The monoisotopic (exact) mass is 565 g/mol. The van der Waals surface area contributed by atoms with E-state index in [0.29, 0.717) is 0 Å². The maximum Gasteiger partial charge on any atom is 0.159 e. The van der Waals surface area contributed by atoms with E-state index in [-0.39, 0.29) is 0 Å². The summed E-state index contributed by atoms with van der Waals surface area (Å²) in [4.78, 5) is 2.35. The lowest BCUT2D eigenvalue weighted by Gasteiger charge is -2.27. The number of nitrogens with zero attached hydrogens (tertiary/aromatic N) is 1. The Morgan fingerprint density at radius 2 is 1.09 bits per heavy atom. The zero-order valence-electron chi connectivity index (χ0n) is 24.1. The van der Waals surface area contributed by atoms with E-state index in [1.165, 1.54) is 5.56 Å². The molecule has 44 heavy (non-hydrogen) atoms. The minimum Gasteiger partial charge on any atom is -0.455 e. The molecule has 0 saturated heterocycles. The van der Waals surface area contributed by atoms with Crippen LogP contribution in [-0.2, 0) is 0 Å².